The number of nitrogens with zero attached hydrogens (tertiary/aromatic N) is 1. The summed E-state index contributed by atoms with van der Waals surface area (Å²) in [4.78, 5) is 29.9. The Hall–Kier alpha value is -3.23. The van der Waals surface area contributed by atoms with E-state index >= 15 is 0 Å². The highest BCUT2D eigenvalue weighted by molar-refractivity contribution is 6.33. The number of carbonyl (C=O) groups excluding carboxylic acids is 1. The van der Waals surface area contributed by atoms with Gasteiger partial charge in [-0.05, 0) is 30.7 Å². The number of aromatic amines is 1. The van der Waals surface area contributed by atoms with Crippen LogP contribution in [0.25, 0.3) is 10.9 Å². The second-order valence-electron chi connectivity index (χ2n) is 7.12. The normalized spacial score (nSPS) is 12.6. The molecule has 0 radical (unpaired) electrons. The van der Waals surface area contributed by atoms with Gasteiger partial charge in [0.05, 0.1) is 22.8 Å². The molecule has 4 rings (SSSR count). The fourth-order valence-corrected chi connectivity index (χ4v) is 3.56. The van der Waals surface area contributed by atoms with Gasteiger partial charge in [-0.2, -0.15) is 0 Å². The Kier molecular flexibility index (Phi) is 6.29. The lowest BCUT2D eigenvalue weighted by Gasteiger charge is -2.23. The number of fused-ring (bicyclic) bond motifs is 2. The summed E-state index contributed by atoms with van der Waals surface area (Å²) in [5, 5.41) is 13.2. The van der Waals surface area contributed by atoms with Crippen LogP contribution in [0, 0.1) is 0 Å². The highest BCUT2D eigenvalue weighted by Crippen LogP contribution is 2.33. The molecular weight excluding hydrogens is 422 g/mol. The quantitative estimate of drug-likeness (QED) is 0.542. The first-order chi connectivity index (χ1) is 15.0. The number of amides is 2. The number of ether oxygens (including phenoxy) is 2. The maximum atomic E-state index is 12.9. The molecule has 2 heterocycles. The van der Waals surface area contributed by atoms with E-state index in [1.54, 1.807) is 36.4 Å². The van der Waals surface area contributed by atoms with E-state index in [2.05, 4.69) is 10.3 Å². The lowest BCUT2D eigenvalue weighted by molar-refractivity contribution is 0.172. The van der Waals surface area contributed by atoms with Crippen molar-refractivity contribution in [3.63, 3.8) is 0 Å². The van der Waals surface area contributed by atoms with E-state index in [0.29, 0.717) is 52.9 Å². The number of hydrogen-bond acceptors (Lipinski definition) is 5. The van der Waals surface area contributed by atoms with Gasteiger partial charge in [-0.15, -0.1) is 0 Å². The monoisotopic (exact) mass is 443 g/mol. The first-order valence-electron chi connectivity index (χ1n) is 9.92. The van der Waals surface area contributed by atoms with Gasteiger partial charge in [-0.25, -0.2) is 4.79 Å². The molecule has 0 fully saturated rings. The number of para-hydroxylation sites is 1. The number of nitrogens with one attached hydrogen (secondary N) is 2. The highest BCUT2D eigenvalue weighted by atomic mass is 35.5. The van der Waals surface area contributed by atoms with Gasteiger partial charge in [0.15, 0.2) is 11.5 Å². The number of H-pyrrole nitrogens is 1. The zero-order valence-corrected chi connectivity index (χ0v) is 17.4. The van der Waals surface area contributed by atoms with Crippen LogP contribution in [0.2, 0.25) is 5.02 Å². The molecule has 3 aromatic rings. The van der Waals surface area contributed by atoms with Gasteiger partial charge in [0.25, 0.3) is 5.56 Å². The molecular formula is C22H22ClN3O5. The minimum absolute atomic E-state index is 0.0655. The molecule has 0 bridgehead atoms. The summed E-state index contributed by atoms with van der Waals surface area (Å²) in [6, 6.07) is 11.8. The van der Waals surface area contributed by atoms with Gasteiger partial charge >= 0.3 is 6.03 Å². The SMILES string of the molecule is O=C(Nc1ccccc1Cl)N(CCCO)Cc1cc2cc3c(cc2[nH]c1=O)OCCO3. The topological polar surface area (TPSA) is 104 Å². The molecule has 9 heteroatoms. The Morgan fingerprint density at radius 1 is 1.16 bits per heavy atom. The zero-order chi connectivity index (χ0) is 21.8. The summed E-state index contributed by atoms with van der Waals surface area (Å²) in [5.41, 5.74) is 1.21. The summed E-state index contributed by atoms with van der Waals surface area (Å²) in [6.07, 6.45) is 0.375. The number of carbonyl (C=O) groups is 1. The van der Waals surface area contributed by atoms with Crippen LogP contribution in [-0.4, -0.2) is 47.4 Å². The van der Waals surface area contributed by atoms with Crippen LogP contribution < -0.4 is 20.3 Å². The Balaban J connectivity index is 1.61. The minimum Gasteiger partial charge on any atom is -0.486 e. The van der Waals surface area contributed by atoms with Crippen LogP contribution >= 0.6 is 11.6 Å². The predicted molar refractivity (Wildman–Crippen MR) is 118 cm³/mol. The van der Waals surface area contributed by atoms with Crippen molar-refractivity contribution in [2.24, 2.45) is 0 Å². The number of pyridine rings is 1. The Bertz CT molecular complexity index is 1160. The number of hydrogen-bond donors (Lipinski definition) is 3. The van der Waals surface area contributed by atoms with E-state index in [-0.39, 0.29) is 25.3 Å². The number of rotatable bonds is 6. The molecule has 0 unspecified atom stereocenters. The third-order valence-corrected chi connectivity index (χ3v) is 5.26. The summed E-state index contributed by atoms with van der Waals surface area (Å²) in [6.45, 7) is 1.18. The molecule has 0 saturated heterocycles. The second kappa shape index (κ2) is 9.28. The standard InChI is InChI=1S/C22H22ClN3O5/c23-16-4-1-2-5-17(16)25-22(29)26(6-3-7-27)13-15-10-14-11-19-20(31-9-8-30-19)12-18(14)24-21(15)28/h1-2,4-5,10-12,27H,3,6-9,13H2,(H,24,28)(H,25,29). The second-order valence-corrected chi connectivity index (χ2v) is 7.52. The molecule has 3 N–H and O–H groups in total. The van der Waals surface area contributed by atoms with Crippen molar-refractivity contribution in [2.45, 2.75) is 13.0 Å². The smallest absolute Gasteiger partial charge is 0.322 e. The summed E-state index contributed by atoms with van der Waals surface area (Å²) in [7, 11) is 0. The van der Waals surface area contributed by atoms with Gasteiger partial charge < -0.3 is 29.8 Å². The number of anilines is 1. The molecule has 0 spiro atoms. The van der Waals surface area contributed by atoms with Gasteiger partial charge in [0.2, 0.25) is 0 Å². The first kappa shape index (κ1) is 21.0. The number of urea groups is 1. The van der Waals surface area contributed by atoms with E-state index in [4.69, 9.17) is 21.1 Å². The molecule has 1 aliphatic heterocycles. The molecule has 0 aliphatic carbocycles. The van der Waals surface area contributed by atoms with E-state index in [1.807, 2.05) is 6.07 Å². The number of aromatic nitrogens is 1. The van der Waals surface area contributed by atoms with Crippen LogP contribution in [0.5, 0.6) is 11.5 Å². The Labute approximate surface area is 183 Å². The summed E-state index contributed by atoms with van der Waals surface area (Å²) >= 11 is 6.14. The third kappa shape index (κ3) is 4.76. The molecule has 1 aliphatic rings. The Morgan fingerprint density at radius 2 is 1.90 bits per heavy atom. The Morgan fingerprint density at radius 3 is 2.65 bits per heavy atom. The first-order valence-corrected chi connectivity index (χ1v) is 10.3. The number of halogens is 1. The van der Waals surface area contributed by atoms with Crippen LogP contribution in [0.3, 0.4) is 0 Å². The lowest BCUT2D eigenvalue weighted by atomic mass is 10.1. The summed E-state index contributed by atoms with van der Waals surface area (Å²) in [5.74, 6) is 1.20. The minimum atomic E-state index is -0.414. The number of aliphatic hydroxyl groups is 1. The maximum absolute atomic E-state index is 12.9. The number of benzene rings is 2. The summed E-state index contributed by atoms with van der Waals surface area (Å²) < 4.78 is 11.2. The van der Waals surface area contributed by atoms with Crippen LogP contribution in [-0.2, 0) is 6.54 Å². The molecule has 31 heavy (non-hydrogen) atoms. The van der Waals surface area contributed by atoms with Crippen molar-refractivity contribution in [3.8, 4) is 11.5 Å². The molecule has 1 aromatic heterocycles. The van der Waals surface area contributed by atoms with Gasteiger partial charge in [-0.1, -0.05) is 23.7 Å². The highest BCUT2D eigenvalue weighted by Gasteiger charge is 2.18. The van der Waals surface area contributed by atoms with Crippen molar-refractivity contribution in [1.29, 1.82) is 0 Å². The fraction of sp³-hybridized carbons (Fsp3) is 0.273. The van der Waals surface area contributed by atoms with Gasteiger partial charge in [0, 0.05) is 30.2 Å². The van der Waals surface area contributed by atoms with E-state index in [9.17, 15) is 14.7 Å². The molecule has 2 aromatic carbocycles. The van der Waals surface area contributed by atoms with E-state index in [0.717, 1.165) is 5.39 Å². The maximum Gasteiger partial charge on any atom is 0.322 e. The lowest BCUT2D eigenvalue weighted by Crippen LogP contribution is -2.37. The van der Waals surface area contributed by atoms with Gasteiger partial charge in [-0.3, -0.25) is 4.79 Å². The van der Waals surface area contributed by atoms with E-state index < -0.39 is 6.03 Å². The largest absolute Gasteiger partial charge is 0.486 e. The van der Waals surface area contributed by atoms with E-state index in [1.165, 1.54) is 4.90 Å². The molecule has 162 valence electrons. The van der Waals surface area contributed by atoms with Crippen molar-refractivity contribution in [3.05, 3.63) is 63.4 Å². The van der Waals surface area contributed by atoms with Crippen molar-refractivity contribution in [2.75, 3.05) is 31.7 Å². The zero-order valence-electron chi connectivity index (χ0n) is 16.7. The van der Waals surface area contributed by atoms with Crippen LogP contribution in [0.1, 0.15) is 12.0 Å². The average Bonchev–Trinajstić information content (AvgIpc) is 2.77. The molecule has 8 nitrogen and oxygen atoms in total. The van der Waals surface area contributed by atoms with Crippen LogP contribution in [0.4, 0.5) is 10.5 Å². The third-order valence-electron chi connectivity index (χ3n) is 4.93. The molecule has 0 atom stereocenters. The van der Waals surface area contributed by atoms with Crippen LogP contribution in [0.15, 0.2) is 47.3 Å². The average molecular weight is 444 g/mol. The number of aliphatic hydroxyl groups excluding tert-OH is 1. The van der Waals surface area contributed by atoms with Crippen molar-refractivity contribution in [1.82, 2.24) is 9.88 Å². The fourth-order valence-electron chi connectivity index (χ4n) is 3.38. The van der Waals surface area contributed by atoms with Crippen molar-refractivity contribution >= 4 is 34.2 Å². The molecule has 0 saturated carbocycles. The molecule has 2 amide bonds. The van der Waals surface area contributed by atoms with Gasteiger partial charge in [0.1, 0.15) is 13.2 Å². The predicted octanol–water partition coefficient (Wildman–Crippen LogP) is 3.37. The van der Waals surface area contributed by atoms with Crippen molar-refractivity contribution < 1.29 is 19.4 Å².